The highest BCUT2D eigenvalue weighted by molar-refractivity contribution is 9.10. The molecule has 0 aromatic carbocycles. The SMILES string of the molecule is Cn1c(=O)n(-c2ccc(Br)cn2)c(=O)c2ccncc21. The Kier molecular flexibility index (Phi) is 2.98. The standard InChI is InChI=1S/C13H9BrN4O2/c1-17-10-7-15-5-4-9(10)12(19)18(13(17)20)11-3-2-8(14)6-16-11/h2-7H,1H3. The van der Waals surface area contributed by atoms with E-state index in [2.05, 4.69) is 25.9 Å². The van der Waals surface area contributed by atoms with Gasteiger partial charge in [0, 0.05) is 23.9 Å². The van der Waals surface area contributed by atoms with Crippen LogP contribution in [0.1, 0.15) is 0 Å². The fourth-order valence-electron chi connectivity index (χ4n) is 2.00. The molecule has 7 heteroatoms. The summed E-state index contributed by atoms with van der Waals surface area (Å²) >= 11 is 3.27. The largest absolute Gasteiger partial charge is 0.337 e. The van der Waals surface area contributed by atoms with Gasteiger partial charge < -0.3 is 0 Å². The zero-order valence-electron chi connectivity index (χ0n) is 10.4. The summed E-state index contributed by atoms with van der Waals surface area (Å²) in [6.45, 7) is 0. The van der Waals surface area contributed by atoms with Crippen LogP contribution in [0.3, 0.4) is 0 Å². The maximum atomic E-state index is 12.5. The molecule has 20 heavy (non-hydrogen) atoms. The monoisotopic (exact) mass is 332 g/mol. The fraction of sp³-hybridized carbons (Fsp3) is 0.0769. The van der Waals surface area contributed by atoms with E-state index in [9.17, 15) is 9.59 Å². The first-order valence-electron chi connectivity index (χ1n) is 5.77. The summed E-state index contributed by atoms with van der Waals surface area (Å²) in [4.78, 5) is 32.8. The second-order valence-corrected chi connectivity index (χ2v) is 5.13. The minimum atomic E-state index is -0.453. The lowest BCUT2D eigenvalue weighted by atomic mass is 10.3. The van der Waals surface area contributed by atoms with Gasteiger partial charge in [-0.1, -0.05) is 0 Å². The molecule has 0 spiro atoms. The maximum Gasteiger partial charge on any atom is 0.337 e. The van der Waals surface area contributed by atoms with Gasteiger partial charge >= 0.3 is 5.69 Å². The third kappa shape index (κ3) is 1.87. The minimum Gasteiger partial charge on any atom is -0.294 e. The summed E-state index contributed by atoms with van der Waals surface area (Å²) in [6.07, 6.45) is 4.56. The molecule has 3 rings (SSSR count). The van der Waals surface area contributed by atoms with Crippen molar-refractivity contribution in [2.24, 2.45) is 7.05 Å². The van der Waals surface area contributed by atoms with Crippen molar-refractivity contribution in [2.75, 3.05) is 0 Å². The summed E-state index contributed by atoms with van der Waals surface area (Å²) in [5, 5.41) is 0.423. The summed E-state index contributed by atoms with van der Waals surface area (Å²) in [7, 11) is 1.60. The van der Waals surface area contributed by atoms with Crippen molar-refractivity contribution >= 4 is 26.8 Å². The van der Waals surface area contributed by atoms with E-state index in [4.69, 9.17) is 0 Å². The Morgan fingerprint density at radius 3 is 2.65 bits per heavy atom. The van der Waals surface area contributed by atoms with Crippen LogP contribution in [0.2, 0.25) is 0 Å². The van der Waals surface area contributed by atoms with E-state index < -0.39 is 11.2 Å². The molecule has 0 aliphatic heterocycles. The Morgan fingerprint density at radius 2 is 1.95 bits per heavy atom. The lowest BCUT2D eigenvalue weighted by Crippen LogP contribution is -2.38. The van der Waals surface area contributed by atoms with Gasteiger partial charge in [0.2, 0.25) is 0 Å². The third-order valence-electron chi connectivity index (χ3n) is 3.01. The first kappa shape index (κ1) is 12.7. The Labute approximate surface area is 121 Å². The van der Waals surface area contributed by atoms with Crippen LogP contribution in [0, 0.1) is 0 Å². The van der Waals surface area contributed by atoms with Crippen molar-refractivity contribution in [2.45, 2.75) is 0 Å². The average Bonchev–Trinajstić information content (AvgIpc) is 2.47. The highest BCUT2D eigenvalue weighted by Crippen LogP contribution is 2.10. The molecule has 0 unspecified atom stereocenters. The van der Waals surface area contributed by atoms with E-state index in [0.717, 1.165) is 9.04 Å². The minimum absolute atomic E-state index is 0.289. The Balaban J connectivity index is 2.45. The van der Waals surface area contributed by atoms with E-state index in [1.165, 1.54) is 23.2 Å². The molecular weight excluding hydrogens is 324 g/mol. The molecule has 3 heterocycles. The van der Waals surface area contributed by atoms with Crippen molar-refractivity contribution < 1.29 is 0 Å². The second kappa shape index (κ2) is 4.68. The number of rotatable bonds is 1. The van der Waals surface area contributed by atoms with Crippen molar-refractivity contribution in [1.82, 2.24) is 19.1 Å². The molecule has 0 amide bonds. The molecule has 0 radical (unpaired) electrons. The normalized spacial score (nSPS) is 10.9. The molecule has 6 nitrogen and oxygen atoms in total. The molecular formula is C13H9BrN4O2. The van der Waals surface area contributed by atoms with E-state index in [1.807, 2.05) is 0 Å². The predicted octanol–water partition coefficient (Wildman–Crippen LogP) is 1.24. The van der Waals surface area contributed by atoms with Crippen LogP contribution in [0.15, 0.2) is 50.9 Å². The molecule has 0 aliphatic carbocycles. The first-order valence-corrected chi connectivity index (χ1v) is 6.56. The van der Waals surface area contributed by atoms with E-state index in [-0.39, 0.29) is 5.82 Å². The number of aromatic nitrogens is 4. The van der Waals surface area contributed by atoms with E-state index >= 15 is 0 Å². The first-order chi connectivity index (χ1) is 9.59. The summed E-state index contributed by atoms with van der Waals surface area (Å²) in [5.74, 6) is 0.289. The van der Waals surface area contributed by atoms with Gasteiger partial charge in [-0.2, -0.15) is 0 Å². The number of nitrogens with zero attached hydrogens (tertiary/aromatic N) is 4. The van der Waals surface area contributed by atoms with Crippen LogP contribution in [0.5, 0.6) is 0 Å². The van der Waals surface area contributed by atoms with Gasteiger partial charge in [-0.25, -0.2) is 14.3 Å². The van der Waals surface area contributed by atoms with Crippen LogP contribution < -0.4 is 11.2 Å². The molecule has 0 aliphatic rings. The van der Waals surface area contributed by atoms with Gasteiger partial charge in [0.15, 0.2) is 0 Å². The van der Waals surface area contributed by atoms with Gasteiger partial charge in [-0.15, -0.1) is 0 Å². The van der Waals surface area contributed by atoms with Crippen molar-refractivity contribution in [3.05, 3.63) is 62.1 Å². The number of aryl methyl sites for hydroxylation is 1. The molecule has 0 atom stereocenters. The van der Waals surface area contributed by atoms with Gasteiger partial charge in [-0.05, 0) is 34.1 Å². The Hall–Kier alpha value is -2.28. The summed E-state index contributed by atoms with van der Waals surface area (Å²) < 4.78 is 3.21. The molecule has 0 N–H and O–H groups in total. The molecule has 3 aromatic rings. The zero-order valence-corrected chi connectivity index (χ0v) is 12.0. The highest BCUT2D eigenvalue weighted by Gasteiger charge is 2.12. The third-order valence-corrected chi connectivity index (χ3v) is 3.48. The number of fused-ring (bicyclic) bond motifs is 1. The number of pyridine rings is 2. The Morgan fingerprint density at radius 1 is 1.15 bits per heavy atom. The predicted molar refractivity (Wildman–Crippen MR) is 78.1 cm³/mol. The molecule has 0 fully saturated rings. The topological polar surface area (TPSA) is 69.8 Å². The van der Waals surface area contributed by atoms with Crippen molar-refractivity contribution in [3.8, 4) is 5.82 Å². The second-order valence-electron chi connectivity index (χ2n) is 4.21. The summed E-state index contributed by atoms with van der Waals surface area (Å²) in [6, 6.07) is 4.93. The highest BCUT2D eigenvalue weighted by atomic mass is 79.9. The van der Waals surface area contributed by atoms with E-state index in [1.54, 1.807) is 25.2 Å². The summed E-state index contributed by atoms with van der Waals surface area (Å²) in [5.41, 5.74) is -0.360. The number of hydrogen-bond acceptors (Lipinski definition) is 4. The number of halogens is 1. The van der Waals surface area contributed by atoms with E-state index in [0.29, 0.717) is 10.9 Å². The molecule has 3 aromatic heterocycles. The maximum absolute atomic E-state index is 12.5. The van der Waals surface area contributed by atoms with Gasteiger partial charge in [-0.3, -0.25) is 14.3 Å². The Bertz CT molecular complexity index is 912. The van der Waals surface area contributed by atoms with Crippen LogP contribution in [-0.4, -0.2) is 19.1 Å². The zero-order chi connectivity index (χ0) is 14.3. The van der Waals surface area contributed by atoms with Crippen molar-refractivity contribution in [1.29, 1.82) is 0 Å². The van der Waals surface area contributed by atoms with Gasteiger partial charge in [0.25, 0.3) is 5.56 Å². The lowest BCUT2D eigenvalue weighted by molar-refractivity contribution is 0.759. The van der Waals surface area contributed by atoms with Crippen LogP contribution in [0.4, 0.5) is 0 Å². The van der Waals surface area contributed by atoms with Crippen molar-refractivity contribution in [3.63, 3.8) is 0 Å². The fourth-order valence-corrected chi connectivity index (χ4v) is 2.23. The van der Waals surface area contributed by atoms with Crippen LogP contribution >= 0.6 is 15.9 Å². The molecule has 0 saturated carbocycles. The quantitative estimate of drug-likeness (QED) is 0.672. The van der Waals surface area contributed by atoms with Crippen LogP contribution in [-0.2, 0) is 7.05 Å². The number of hydrogen-bond donors (Lipinski definition) is 0. The smallest absolute Gasteiger partial charge is 0.294 e. The lowest BCUT2D eigenvalue weighted by Gasteiger charge is -2.09. The molecule has 0 bridgehead atoms. The van der Waals surface area contributed by atoms with Gasteiger partial charge in [0.05, 0.1) is 17.1 Å². The van der Waals surface area contributed by atoms with Gasteiger partial charge in [0.1, 0.15) is 5.82 Å². The molecule has 100 valence electrons. The van der Waals surface area contributed by atoms with Crippen LogP contribution in [0.25, 0.3) is 16.7 Å². The molecule has 0 saturated heterocycles. The average molecular weight is 333 g/mol.